The van der Waals surface area contributed by atoms with Crippen molar-refractivity contribution in [1.82, 2.24) is 0 Å². The quantitative estimate of drug-likeness (QED) is 0.0665. The molecule has 3 aliphatic rings. The number of ether oxygens (including phenoxy) is 4. The summed E-state index contributed by atoms with van der Waals surface area (Å²) < 4.78 is 26.1. The lowest BCUT2D eigenvalue weighted by Crippen LogP contribution is -2.54. The first-order valence-corrected chi connectivity index (χ1v) is 17.9. The molecule has 1 aromatic carbocycles. The molecule has 3 atom stereocenters. The van der Waals surface area contributed by atoms with Crippen molar-refractivity contribution in [1.29, 1.82) is 0 Å². The molecule has 0 aromatic heterocycles. The van der Waals surface area contributed by atoms with Crippen LogP contribution in [0.15, 0.2) is 52.7 Å². The number of carbonyl (C=O) groups excluding carboxylic acids is 3. The number of Topliss-reactive ketones (excluding diaryl/α,β-unsaturated/α-hetero) is 2. The second-order valence-corrected chi connectivity index (χ2v) is 15.3. The van der Waals surface area contributed by atoms with Crippen molar-refractivity contribution in [2.75, 3.05) is 6.61 Å². The molecule has 9 nitrogen and oxygen atoms in total. The number of hydrogen-bond donors (Lipinski definition) is 1. The van der Waals surface area contributed by atoms with E-state index in [-0.39, 0.29) is 53.7 Å². The highest BCUT2D eigenvalue weighted by atomic mass is 16.5. The molecule has 2 aliphatic heterocycles. The van der Waals surface area contributed by atoms with E-state index in [0.29, 0.717) is 48.1 Å². The van der Waals surface area contributed by atoms with E-state index in [1.54, 1.807) is 12.2 Å². The van der Waals surface area contributed by atoms with Crippen LogP contribution in [0.4, 0.5) is 0 Å². The monoisotopic (exact) mass is 702 g/mol. The third kappa shape index (κ3) is 8.98. The number of carboxylic acids is 1. The van der Waals surface area contributed by atoms with Crippen molar-refractivity contribution in [2.24, 2.45) is 5.92 Å². The summed E-state index contributed by atoms with van der Waals surface area (Å²) in [5.74, 6) is -1.66. The molecule has 276 valence electrons. The molecule has 0 bridgehead atoms. The first-order valence-electron chi connectivity index (χ1n) is 17.9. The zero-order chi connectivity index (χ0) is 37.9. The molecule has 1 N–H and O–H groups in total. The van der Waals surface area contributed by atoms with Crippen molar-refractivity contribution in [3.63, 3.8) is 0 Å². The highest BCUT2D eigenvalue weighted by Gasteiger charge is 2.55. The summed E-state index contributed by atoms with van der Waals surface area (Å²) in [4.78, 5) is 52.6. The van der Waals surface area contributed by atoms with Crippen LogP contribution in [0, 0.1) is 5.92 Å². The van der Waals surface area contributed by atoms with Crippen molar-refractivity contribution < 1.29 is 43.2 Å². The highest BCUT2D eigenvalue weighted by Crippen LogP contribution is 2.56. The fourth-order valence-corrected chi connectivity index (χ4v) is 7.03. The molecule has 1 aromatic rings. The lowest BCUT2D eigenvalue weighted by atomic mass is 9.68. The van der Waals surface area contributed by atoms with Crippen molar-refractivity contribution in [2.45, 2.75) is 131 Å². The summed E-state index contributed by atoms with van der Waals surface area (Å²) in [6.07, 6.45) is 14.2. The first kappa shape index (κ1) is 39.5. The van der Waals surface area contributed by atoms with Crippen LogP contribution in [0.1, 0.15) is 129 Å². The van der Waals surface area contributed by atoms with E-state index < -0.39 is 34.7 Å². The summed E-state index contributed by atoms with van der Waals surface area (Å²) in [5, 5.41) is 9.24. The van der Waals surface area contributed by atoms with Gasteiger partial charge in [-0.1, -0.05) is 42.4 Å². The predicted octanol–water partition coefficient (Wildman–Crippen LogP) is 8.88. The molecule has 0 saturated carbocycles. The molecular weight excluding hydrogens is 648 g/mol. The molecule has 51 heavy (non-hydrogen) atoms. The van der Waals surface area contributed by atoms with Crippen LogP contribution in [0.25, 0.3) is 6.08 Å². The molecule has 2 heterocycles. The third-order valence-corrected chi connectivity index (χ3v) is 9.63. The summed E-state index contributed by atoms with van der Waals surface area (Å²) in [5.41, 5.74) is 1.15. The van der Waals surface area contributed by atoms with E-state index in [1.807, 2.05) is 59.8 Å². The Balaban J connectivity index is 1.93. The highest BCUT2D eigenvalue weighted by molar-refractivity contribution is 6.17. The van der Waals surface area contributed by atoms with Crippen LogP contribution in [0.5, 0.6) is 17.2 Å². The predicted molar refractivity (Wildman–Crippen MR) is 197 cm³/mol. The van der Waals surface area contributed by atoms with Gasteiger partial charge in [-0.2, -0.15) is 0 Å². The van der Waals surface area contributed by atoms with Crippen LogP contribution in [-0.2, 0) is 25.5 Å². The maximum Gasteiger partial charge on any atom is 0.330 e. The summed E-state index contributed by atoms with van der Waals surface area (Å²) >= 11 is 0. The third-order valence-electron chi connectivity index (χ3n) is 9.63. The van der Waals surface area contributed by atoms with E-state index in [1.165, 1.54) is 19.4 Å². The normalized spacial score (nSPS) is 22.4. The largest absolute Gasteiger partial charge is 0.482 e. The van der Waals surface area contributed by atoms with Gasteiger partial charge in [0, 0.05) is 36.0 Å². The van der Waals surface area contributed by atoms with Crippen molar-refractivity contribution >= 4 is 29.6 Å². The number of hydrogen-bond acceptors (Lipinski definition) is 8. The topological polar surface area (TPSA) is 125 Å². The number of rotatable bonds is 14. The van der Waals surface area contributed by atoms with Crippen LogP contribution >= 0.6 is 0 Å². The number of allylic oxidation sites excluding steroid dienone is 5. The summed E-state index contributed by atoms with van der Waals surface area (Å²) in [6.45, 7) is 18.8. The van der Waals surface area contributed by atoms with E-state index >= 15 is 0 Å². The molecule has 1 unspecified atom stereocenters. The Morgan fingerprint density at radius 1 is 1.00 bits per heavy atom. The van der Waals surface area contributed by atoms with Crippen LogP contribution in [-0.4, -0.2) is 52.0 Å². The molecule has 0 fully saturated rings. The minimum absolute atomic E-state index is 0.0386. The van der Waals surface area contributed by atoms with E-state index in [2.05, 4.69) is 19.9 Å². The Morgan fingerprint density at radius 2 is 1.69 bits per heavy atom. The summed E-state index contributed by atoms with van der Waals surface area (Å²) in [7, 11) is 0. The number of ketones is 2. The molecular formula is C42H54O9. The Bertz CT molecular complexity index is 1740. The number of carbonyl (C=O) groups is 4. The van der Waals surface area contributed by atoms with Gasteiger partial charge in [0.2, 0.25) is 0 Å². The second kappa shape index (κ2) is 15.6. The van der Waals surface area contributed by atoms with Gasteiger partial charge in [0.15, 0.2) is 11.5 Å². The first-order chi connectivity index (χ1) is 23.8. The maximum absolute atomic E-state index is 15.0. The minimum atomic E-state index is -1.37. The molecule has 1 aliphatic carbocycles. The van der Waals surface area contributed by atoms with Crippen molar-refractivity contribution in [3.05, 3.63) is 69.4 Å². The Hall–Kier alpha value is -4.24. The standard InChI is InChI=1S/C42H54O9/c1-11-29-22-32-35(45)34-37(49-28(7)43)31-18-20-41(10,19-12-14-25(2)3)50-36(31)30(17-16-26(4)5)38(34)51-42(32,23-33(29)44)24-40(8,9)48-21-13-15-27(6)39(46)47/h14-16,18,20,22,29H,11-13,17,19,21,23-24H2,1-10H3,(H,46,47)/b27-15+/t29-,41?,42-/m0/s1. The summed E-state index contributed by atoms with van der Waals surface area (Å²) in [6, 6.07) is 0. The average molecular weight is 703 g/mol. The van der Waals surface area contributed by atoms with Gasteiger partial charge in [-0.3, -0.25) is 14.4 Å². The second-order valence-electron chi connectivity index (χ2n) is 15.3. The number of carboxylic acid groups (broad SMARTS) is 1. The van der Waals surface area contributed by atoms with Gasteiger partial charge in [-0.25, -0.2) is 4.79 Å². The number of fused-ring (bicyclic) bond motifs is 3. The number of benzene rings is 1. The number of aliphatic carboxylic acids is 1. The van der Waals surface area contributed by atoms with Gasteiger partial charge in [-0.15, -0.1) is 0 Å². The van der Waals surface area contributed by atoms with E-state index in [0.717, 1.165) is 12.0 Å². The molecule has 9 heteroatoms. The zero-order valence-electron chi connectivity index (χ0n) is 31.9. The minimum Gasteiger partial charge on any atom is -0.482 e. The molecule has 0 radical (unpaired) electrons. The van der Waals surface area contributed by atoms with Gasteiger partial charge in [0.1, 0.15) is 34.0 Å². The van der Waals surface area contributed by atoms with Gasteiger partial charge in [0.05, 0.1) is 24.2 Å². The molecule has 0 saturated heterocycles. The number of esters is 1. The lowest BCUT2D eigenvalue weighted by Gasteiger charge is -2.47. The molecule has 4 rings (SSSR count). The Morgan fingerprint density at radius 3 is 2.29 bits per heavy atom. The maximum atomic E-state index is 15.0. The van der Waals surface area contributed by atoms with E-state index in [9.17, 15) is 24.3 Å². The van der Waals surface area contributed by atoms with Gasteiger partial charge in [-0.05, 0) is 99.6 Å². The molecule has 0 amide bonds. The van der Waals surface area contributed by atoms with Gasteiger partial charge < -0.3 is 24.1 Å². The fraction of sp³-hybridized carbons (Fsp3) is 0.524. The Labute approximate surface area is 302 Å². The van der Waals surface area contributed by atoms with Gasteiger partial charge in [0.25, 0.3) is 0 Å². The van der Waals surface area contributed by atoms with Crippen LogP contribution < -0.4 is 14.2 Å². The van der Waals surface area contributed by atoms with E-state index in [4.69, 9.17) is 18.9 Å². The molecule has 0 spiro atoms. The van der Waals surface area contributed by atoms with Crippen LogP contribution in [0.3, 0.4) is 0 Å². The smallest absolute Gasteiger partial charge is 0.330 e. The lowest BCUT2D eigenvalue weighted by molar-refractivity contribution is -0.133. The van der Waals surface area contributed by atoms with Crippen LogP contribution in [0.2, 0.25) is 0 Å². The van der Waals surface area contributed by atoms with Crippen molar-refractivity contribution in [3.8, 4) is 17.2 Å². The Kier molecular flexibility index (Phi) is 12.1. The SMILES string of the molecule is CC[C@H]1C=C2C(=O)c3c(OC(C)=O)c4c(c(CC=C(C)C)c3O[C@]2(CC(C)(C)OCC/C=C(\C)C(=O)O)CC1=O)OC(C)(CCC=C(C)C)C=C4. The fourth-order valence-electron chi connectivity index (χ4n) is 7.03. The average Bonchev–Trinajstić information content (AvgIpc) is 3.01. The zero-order valence-corrected chi connectivity index (χ0v) is 31.9. The van der Waals surface area contributed by atoms with Gasteiger partial charge >= 0.3 is 11.9 Å².